The van der Waals surface area contributed by atoms with Crippen LogP contribution in [0.4, 0.5) is 14.9 Å². The average Bonchev–Trinajstić information content (AvgIpc) is 3.20. The molecular formula is C23H25FN6O6. The maximum absolute atomic E-state index is 16.0. The number of benzene rings is 1. The van der Waals surface area contributed by atoms with Crippen molar-refractivity contribution in [2.24, 2.45) is 5.41 Å². The van der Waals surface area contributed by atoms with Crippen LogP contribution >= 0.6 is 0 Å². The van der Waals surface area contributed by atoms with Crippen LogP contribution in [0.3, 0.4) is 0 Å². The van der Waals surface area contributed by atoms with E-state index >= 15 is 4.39 Å². The molecule has 3 N–H and O–H groups in total. The molecule has 4 aliphatic heterocycles. The third kappa shape index (κ3) is 3.08. The second-order valence-corrected chi connectivity index (χ2v) is 10.1. The predicted molar refractivity (Wildman–Crippen MR) is 122 cm³/mol. The van der Waals surface area contributed by atoms with Gasteiger partial charge in [0.05, 0.1) is 35.4 Å². The molecule has 0 unspecified atom stereocenters. The number of hydrogen-bond donors (Lipinski definition) is 3. The van der Waals surface area contributed by atoms with Gasteiger partial charge >= 0.3 is 6.03 Å². The number of nitrogens with one attached hydrogen (secondary N) is 3. The number of anilines is 1. The number of likely N-dealkylation sites (N-methyl/N-ethyl adjacent to an activating group) is 1. The van der Waals surface area contributed by atoms with Gasteiger partial charge in [-0.3, -0.25) is 25.0 Å². The van der Waals surface area contributed by atoms with E-state index in [1.54, 1.807) is 17.9 Å². The number of ether oxygens (including phenoxy) is 1. The monoisotopic (exact) mass is 500 g/mol. The lowest BCUT2D eigenvalue weighted by Gasteiger charge is -2.55. The summed E-state index contributed by atoms with van der Waals surface area (Å²) in [5.74, 6) is -2.78. The second-order valence-electron chi connectivity index (χ2n) is 10.1. The molecule has 4 aliphatic rings. The van der Waals surface area contributed by atoms with Gasteiger partial charge in [-0.2, -0.15) is 0 Å². The molecular weight excluding hydrogens is 475 g/mol. The van der Waals surface area contributed by atoms with Gasteiger partial charge in [0.1, 0.15) is 0 Å². The number of hydrogen-bond acceptors (Lipinski definition) is 9. The summed E-state index contributed by atoms with van der Waals surface area (Å²) in [5.41, 5.74) is -1.51. The fourth-order valence-electron chi connectivity index (χ4n) is 6.16. The van der Waals surface area contributed by atoms with Crippen molar-refractivity contribution < 1.29 is 32.8 Å². The molecule has 3 atom stereocenters. The number of rotatable bonds is 2. The summed E-state index contributed by atoms with van der Waals surface area (Å²) in [4.78, 5) is 55.0. The number of urea groups is 1. The summed E-state index contributed by atoms with van der Waals surface area (Å²) in [6.45, 7) is 5.08. The molecule has 3 saturated heterocycles. The molecule has 0 saturated carbocycles. The number of halogens is 1. The first-order chi connectivity index (χ1) is 17.1. The predicted octanol–water partition coefficient (Wildman–Crippen LogP) is -0.0986. The summed E-state index contributed by atoms with van der Waals surface area (Å²) in [5, 5.41) is 11.2. The average molecular weight is 500 g/mol. The molecule has 3 fully saturated rings. The topological polar surface area (TPSA) is 146 Å². The molecule has 13 heteroatoms. The van der Waals surface area contributed by atoms with E-state index < -0.39 is 47.1 Å². The van der Waals surface area contributed by atoms with Gasteiger partial charge < -0.3 is 24.4 Å². The largest absolute Gasteiger partial charge is 0.372 e. The Labute approximate surface area is 204 Å². The quantitative estimate of drug-likeness (QED) is 0.481. The third-order valence-electron chi connectivity index (χ3n) is 7.58. The molecule has 1 spiro atoms. The van der Waals surface area contributed by atoms with E-state index in [4.69, 9.17) is 9.26 Å². The number of barbiturate groups is 1. The van der Waals surface area contributed by atoms with Crippen molar-refractivity contribution in [1.29, 1.82) is 0 Å². The van der Waals surface area contributed by atoms with Gasteiger partial charge in [-0.05, 0) is 32.5 Å². The molecule has 12 nitrogen and oxygen atoms in total. The Balaban J connectivity index is 1.49. The molecule has 0 bridgehead atoms. The van der Waals surface area contributed by atoms with Crippen molar-refractivity contribution in [1.82, 2.24) is 26.0 Å². The van der Waals surface area contributed by atoms with Crippen LogP contribution in [-0.4, -0.2) is 84.8 Å². The first-order valence-electron chi connectivity index (χ1n) is 11.8. The van der Waals surface area contributed by atoms with E-state index in [0.29, 0.717) is 18.7 Å². The van der Waals surface area contributed by atoms with Crippen molar-refractivity contribution in [3.63, 3.8) is 0 Å². The SMILES string of the molecule is C[C@H]1CN2c3c(cc4c(C(=O)NC5CN(C)C5)noc4c3F)CC3(C(=O)NC(=O)NC3=O)[C@@H]2[C@@H](C)O1. The fourth-order valence-corrected chi connectivity index (χ4v) is 6.16. The molecule has 36 heavy (non-hydrogen) atoms. The lowest BCUT2D eigenvalue weighted by Crippen LogP contribution is -2.75. The zero-order valence-corrected chi connectivity index (χ0v) is 19.9. The van der Waals surface area contributed by atoms with Crippen molar-refractivity contribution in [3.05, 3.63) is 23.1 Å². The highest BCUT2D eigenvalue weighted by molar-refractivity contribution is 6.20. The summed E-state index contributed by atoms with van der Waals surface area (Å²) < 4.78 is 27.3. The molecule has 0 radical (unpaired) electrons. The van der Waals surface area contributed by atoms with E-state index in [0.717, 1.165) is 0 Å². The molecule has 0 aliphatic carbocycles. The van der Waals surface area contributed by atoms with Crippen LogP contribution in [0.2, 0.25) is 0 Å². The number of carbonyl (C=O) groups is 4. The smallest absolute Gasteiger partial charge is 0.328 e. The van der Waals surface area contributed by atoms with Gasteiger partial charge in [0.2, 0.25) is 17.4 Å². The molecule has 5 heterocycles. The highest BCUT2D eigenvalue weighted by Crippen LogP contribution is 2.49. The minimum absolute atomic E-state index is 0.0516. The normalized spacial score (nSPS) is 27.8. The molecule has 5 amide bonds. The minimum atomic E-state index is -1.75. The Hall–Kier alpha value is -3.58. The molecule has 6 rings (SSSR count). The molecule has 2 aromatic rings. The van der Waals surface area contributed by atoms with E-state index in [2.05, 4.69) is 21.1 Å². The standard InChI is InChI=1S/C23H25FN6O6/c1-9-6-30-16-11(5-23(18(30)10(2)35-9)20(32)26-22(34)27-21(23)33)4-13-15(28-36-17(13)14(16)24)19(31)25-12-7-29(3)8-12/h4,9-10,12,18H,5-8H2,1-3H3,(H,25,31)(H2,26,27,32,33,34)/t9-,10+,18-/m0/s1. The van der Waals surface area contributed by atoms with Crippen molar-refractivity contribution >= 4 is 40.4 Å². The molecule has 1 aromatic carbocycles. The van der Waals surface area contributed by atoms with Crippen LogP contribution in [0, 0.1) is 11.2 Å². The summed E-state index contributed by atoms with van der Waals surface area (Å²) in [7, 11) is 1.93. The number of nitrogens with zero attached hydrogens (tertiary/aromatic N) is 3. The van der Waals surface area contributed by atoms with Crippen LogP contribution in [-0.2, 0) is 20.7 Å². The fraction of sp³-hybridized carbons (Fsp3) is 0.522. The van der Waals surface area contributed by atoms with Crippen LogP contribution in [0.1, 0.15) is 29.9 Å². The Kier molecular flexibility index (Phi) is 4.89. The Morgan fingerprint density at radius 2 is 1.89 bits per heavy atom. The first-order valence-corrected chi connectivity index (χ1v) is 11.8. The highest BCUT2D eigenvalue weighted by Gasteiger charge is 2.63. The highest BCUT2D eigenvalue weighted by atomic mass is 19.1. The minimum Gasteiger partial charge on any atom is -0.372 e. The summed E-state index contributed by atoms with van der Waals surface area (Å²) in [6, 6.07) is -0.301. The van der Waals surface area contributed by atoms with Crippen molar-refractivity contribution in [2.75, 3.05) is 31.6 Å². The lowest BCUT2D eigenvalue weighted by atomic mass is 9.66. The summed E-state index contributed by atoms with van der Waals surface area (Å²) >= 11 is 0. The maximum atomic E-state index is 16.0. The number of likely N-dealkylation sites (tertiary alicyclic amines) is 1. The van der Waals surface area contributed by atoms with E-state index in [1.807, 2.05) is 18.9 Å². The number of amides is 5. The van der Waals surface area contributed by atoms with Gasteiger partial charge in [-0.25, -0.2) is 9.18 Å². The zero-order valence-electron chi connectivity index (χ0n) is 19.9. The third-order valence-corrected chi connectivity index (χ3v) is 7.58. The van der Waals surface area contributed by atoms with Gasteiger partial charge in [0, 0.05) is 26.1 Å². The van der Waals surface area contributed by atoms with Gasteiger partial charge in [-0.1, -0.05) is 5.16 Å². The van der Waals surface area contributed by atoms with Crippen LogP contribution in [0.15, 0.2) is 10.6 Å². The maximum Gasteiger partial charge on any atom is 0.328 e. The zero-order chi connectivity index (χ0) is 25.5. The number of morpholine rings is 1. The van der Waals surface area contributed by atoms with E-state index in [-0.39, 0.29) is 47.5 Å². The van der Waals surface area contributed by atoms with E-state index in [9.17, 15) is 19.2 Å². The van der Waals surface area contributed by atoms with Gasteiger partial charge in [0.25, 0.3) is 5.91 Å². The van der Waals surface area contributed by atoms with Crippen molar-refractivity contribution in [2.45, 2.75) is 44.6 Å². The molecule has 1 aromatic heterocycles. The Bertz CT molecular complexity index is 1320. The van der Waals surface area contributed by atoms with Crippen molar-refractivity contribution in [3.8, 4) is 0 Å². The first kappa shape index (κ1) is 22.9. The Morgan fingerprint density at radius 1 is 1.19 bits per heavy atom. The second kappa shape index (κ2) is 7.71. The number of aromatic nitrogens is 1. The van der Waals surface area contributed by atoms with Gasteiger partial charge in [0.15, 0.2) is 16.9 Å². The van der Waals surface area contributed by atoms with Gasteiger partial charge in [-0.15, -0.1) is 0 Å². The lowest BCUT2D eigenvalue weighted by molar-refractivity contribution is -0.153. The number of imide groups is 2. The van der Waals surface area contributed by atoms with Crippen LogP contribution in [0.25, 0.3) is 11.0 Å². The number of fused-ring (bicyclic) bond motifs is 5. The summed E-state index contributed by atoms with van der Waals surface area (Å²) in [6.07, 6.45) is -1.18. The Morgan fingerprint density at radius 3 is 2.56 bits per heavy atom. The molecule has 190 valence electrons. The van der Waals surface area contributed by atoms with Crippen LogP contribution in [0.5, 0.6) is 0 Å². The van der Waals surface area contributed by atoms with Crippen LogP contribution < -0.4 is 20.9 Å². The van der Waals surface area contributed by atoms with E-state index in [1.165, 1.54) is 0 Å². The number of carbonyl (C=O) groups excluding carboxylic acids is 4.